The smallest absolute Gasteiger partial charge is 0.316 e. The van der Waals surface area contributed by atoms with Crippen molar-refractivity contribution < 1.29 is 31.1 Å². The lowest BCUT2D eigenvalue weighted by Crippen LogP contribution is -2.28. The van der Waals surface area contributed by atoms with Crippen LogP contribution in [0.2, 0.25) is 0 Å². The topological polar surface area (TPSA) is 48.0 Å². The Kier molecular flexibility index (Phi) is 5.44. The Hall–Kier alpha value is -2.81. The third-order valence-electron chi connectivity index (χ3n) is 4.80. The van der Waals surface area contributed by atoms with Gasteiger partial charge in [0.25, 0.3) is 0 Å². The van der Waals surface area contributed by atoms with Crippen molar-refractivity contribution >= 4 is 16.8 Å². The van der Waals surface area contributed by atoms with Gasteiger partial charge in [-0.25, -0.2) is 0 Å². The maximum atomic E-state index is 13.4. The highest BCUT2D eigenvalue weighted by atomic mass is 19.4. The summed E-state index contributed by atoms with van der Waals surface area (Å²) in [6, 6.07) is 6.37. The van der Waals surface area contributed by atoms with Gasteiger partial charge in [-0.3, -0.25) is 9.36 Å². The number of fused-ring (bicyclic) bond motifs is 1. The first-order chi connectivity index (χ1) is 13.8. The van der Waals surface area contributed by atoms with Crippen molar-refractivity contribution in [2.75, 3.05) is 0 Å². The zero-order chi connectivity index (χ0) is 22.4. The SMILES string of the molecule is CC(C)C(=O)n1cc([C@H](N)C(F)(F)F)c2ccc(-c3ccccc3C(F)(F)F)cc21. The number of nitrogens with zero attached hydrogens (tertiary/aromatic N) is 1. The zero-order valence-electron chi connectivity index (χ0n) is 16.0. The van der Waals surface area contributed by atoms with Crippen LogP contribution < -0.4 is 5.73 Å². The van der Waals surface area contributed by atoms with Crippen molar-refractivity contribution in [2.45, 2.75) is 32.2 Å². The van der Waals surface area contributed by atoms with E-state index in [-0.39, 0.29) is 27.6 Å². The van der Waals surface area contributed by atoms with E-state index in [0.717, 1.165) is 16.8 Å². The standard InChI is InChI=1S/C21H18F6N2O/c1-11(2)19(30)29-10-15(18(28)21(25,26)27)14-8-7-12(9-17(14)29)13-5-3-4-6-16(13)20(22,23)24/h3-11,18H,28H2,1-2H3/t18-/m0/s1. The molecule has 0 aliphatic heterocycles. The summed E-state index contributed by atoms with van der Waals surface area (Å²) in [5.74, 6) is -1.05. The van der Waals surface area contributed by atoms with E-state index in [1.807, 2.05) is 0 Å². The number of carbonyl (C=O) groups excluding carboxylic acids is 1. The van der Waals surface area contributed by atoms with Gasteiger partial charge in [-0.05, 0) is 23.3 Å². The van der Waals surface area contributed by atoms with Crippen LogP contribution in [0, 0.1) is 5.92 Å². The summed E-state index contributed by atoms with van der Waals surface area (Å²) < 4.78 is 80.9. The average Bonchev–Trinajstić information content (AvgIpc) is 3.03. The molecule has 1 aromatic heterocycles. The Labute approximate surface area is 168 Å². The molecule has 1 atom stereocenters. The maximum absolute atomic E-state index is 13.4. The van der Waals surface area contributed by atoms with Crippen LogP contribution in [0.4, 0.5) is 26.3 Å². The van der Waals surface area contributed by atoms with Gasteiger partial charge in [-0.15, -0.1) is 0 Å². The van der Waals surface area contributed by atoms with Gasteiger partial charge in [0, 0.05) is 23.1 Å². The summed E-state index contributed by atoms with van der Waals surface area (Å²) in [6.45, 7) is 3.14. The average molecular weight is 428 g/mol. The molecule has 0 radical (unpaired) electrons. The summed E-state index contributed by atoms with van der Waals surface area (Å²) in [5.41, 5.74) is 4.21. The van der Waals surface area contributed by atoms with Crippen molar-refractivity contribution in [3.8, 4) is 11.1 Å². The van der Waals surface area contributed by atoms with Gasteiger partial charge < -0.3 is 5.73 Å². The summed E-state index contributed by atoms with van der Waals surface area (Å²) >= 11 is 0. The van der Waals surface area contributed by atoms with Crippen molar-refractivity contribution in [3.05, 3.63) is 59.8 Å². The quantitative estimate of drug-likeness (QED) is 0.506. The molecule has 30 heavy (non-hydrogen) atoms. The fourth-order valence-electron chi connectivity index (χ4n) is 3.29. The number of benzene rings is 2. The first-order valence-electron chi connectivity index (χ1n) is 9.00. The van der Waals surface area contributed by atoms with E-state index < -0.39 is 35.8 Å². The van der Waals surface area contributed by atoms with Crippen LogP contribution in [0.25, 0.3) is 22.0 Å². The van der Waals surface area contributed by atoms with E-state index in [2.05, 4.69) is 0 Å². The number of alkyl halides is 6. The lowest BCUT2D eigenvalue weighted by Gasteiger charge is -2.15. The largest absolute Gasteiger partial charge is 0.417 e. The molecule has 0 aliphatic rings. The molecule has 1 heterocycles. The molecule has 0 saturated heterocycles. The number of hydrogen-bond donors (Lipinski definition) is 1. The highest BCUT2D eigenvalue weighted by Crippen LogP contribution is 2.40. The van der Waals surface area contributed by atoms with Crippen LogP contribution in [-0.4, -0.2) is 16.7 Å². The number of hydrogen-bond acceptors (Lipinski definition) is 2. The van der Waals surface area contributed by atoms with E-state index in [1.165, 1.54) is 36.4 Å². The Morgan fingerprint density at radius 2 is 1.63 bits per heavy atom. The van der Waals surface area contributed by atoms with Crippen molar-refractivity contribution in [2.24, 2.45) is 11.7 Å². The van der Waals surface area contributed by atoms with Crippen LogP contribution in [0.5, 0.6) is 0 Å². The first kappa shape index (κ1) is 21.9. The molecule has 3 rings (SSSR count). The molecule has 160 valence electrons. The number of aromatic nitrogens is 1. The fraction of sp³-hybridized carbons (Fsp3) is 0.286. The molecule has 0 unspecified atom stereocenters. The lowest BCUT2D eigenvalue weighted by molar-refractivity contribution is -0.148. The molecule has 2 N–H and O–H groups in total. The van der Waals surface area contributed by atoms with Crippen molar-refractivity contribution in [1.82, 2.24) is 4.57 Å². The van der Waals surface area contributed by atoms with Crippen molar-refractivity contribution in [3.63, 3.8) is 0 Å². The third kappa shape index (κ3) is 3.94. The van der Waals surface area contributed by atoms with Gasteiger partial charge in [-0.1, -0.05) is 44.2 Å². The second kappa shape index (κ2) is 7.46. The van der Waals surface area contributed by atoms with Crippen molar-refractivity contribution in [1.29, 1.82) is 0 Å². The van der Waals surface area contributed by atoms with Gasteiger partial charge in [0.15, 0.2) is 0 Å². The Bertz CT molecular complexity index is 1100. The van der Waals surface area contributed by atoms with Crippen LogP contribution in [0.15, 0.2) is 48.7 Å². The molecular weight excluding hydrogens is 410 g/mol. The third-order valence-corrected chi connectivity index (χ3v) is 4.80. The van der Waals surface area contributed by atoms with Gasteiger partial charge in [-0.2, -0.15) is 26.3 Å². The Balaban J connectivity index is 2.29. The maximum Gasteiger partial charge on any atom is 0.417 e. The van der Waals surface area contributed by atoms with Crippen LogP contribution in [0.1, 0.15) is 35.8 Å². The minimum Gasteiger partial charge on any atom is -0.316 e. The lowest BCUT2D eigenvalue weighted by atomic mass is 9.97. The Morgan fingerprint density at radius 1 is 1.00 bits per heavy atom. The minimum absolute atomic E-state index is 0.0575. The second-order valence-corrected chi connectivity index (χ2v) is 7.24. The van der Waals surface area contributed by atoms with E-state index in [4.69, 9.17) is 5.73 Å². The molecule has 2 aromatic carbocycles. The van der Waals surface area contributed by atoms with Crippen LogP contribution in [-0.2, 0) is 6.18 Å². The highest BCUT2D eigenvalue weighted by molar-refractivity contribution is 5.97. The van der Waals surface area contributed by atoms with E-state index in [0.29, 0.717) is 0 Å². The molecular formula is C21H18F6N2O. The Morgan fingerprint density at radius 3 is 2.20 bits per heavy atom. The van der Waals surface area contributed by atoms with E-state index in [1.54, 1.807) is 13.8 Å². The molecule has 9 heteroatoms. The predicted molar refractivity (Wildman–Crippen MR) is 101 cm³/mol. The van der Waals surface area contributed by atoms with Gasteiger partial charge in [0.2, 0.25) is 5.91 Å². The highest BCUT2D eigenvalue weighted by Gasteiger charge is 2.40. The fourth-order valence-corrected chi connectivity index (χ4v) is 3.29. The predicted octanol–water partition coefficient (Wildman–Crippen LogP) is 6.19. The van der Waals surface area contributed by atoms with E-state index >= 15 is 0 Å². The number of nitrogens with two attached hydrogens (primary N) is 1. The monoisotopic (exact) mass is 428 g/mol. The molecule has 0 amide bonds. The number of rotatable bonds is 3. The van der Waals surface area contributed by atoms with Crippen LogP contribution >= 0.6 is 0 Å². The molecule has 0 aliphatic carbocycles. The number of halogens is 6. The van der Waals surface area contributed by atoms with Gasteiger partial charge in [0.05, 0.1) is 11.1 Å². The minimum atomic E-state index is -4.75. The molecule has 0 spiro atoms. The molecule has 0 fully saturated rings. The summed E-state index contributed by atoms with van der Waals surface area (Å²) in [7, 11) is 0. The number of carbonyl (C=O) groups is 1. The molecule has 0 saturated carbocycles. The normalized spacial score (nSPS) is 13.8. The van der Waals surface area contributed by atoms with Crippen LogP contribution in [0.3, 0.4) is 0 Å². The summed E-state index contributed by atoms with van der Waals surface area (Å²) in [5, 5.41) is 0.0575. The molecule has 3 aromatic rings. The van der Waals surface area contributed by atoms with E-state index in [9.17, 15) is 31.1 Å². The van der Waals surface area contributed by atoms with Gasteiger partial charge in [0.1, 0.15) is 6.04 Å². The summed E-state index contributed by atoms with van der Waals surface area (Å²) in [6.07, 6.45) is -8.35. The first-order valence-corrected chi connectivity index (χ1v) is 9.00. The molecule has 0 bridgehead atoms. The zero-order valence-corrected chi connectivity index (χ0v) is 16.0. The van der Waals surface area contributed by atoms with Gasteiger partial charge >= 0.3 is 12.4 Å². The summed E-state index contributed by atoms with van der Waals surface area (Å²) in [4.78, 5) is 12.6. The molecule has 3 nitrogen and oxygen atoms in total. The second-order valence-electron chi connectivity index (χ2n) is 7.24.